The number of nitro groups is 2. The first-order valence-electron chi connectivity index (χ1n) is 6.42. The van der Waals surface area contributed by atoms with E-state index in [1.165, 1.54) is 24.3 Å². The minimum absolute atomic E-state index is 0.0643. The molecule has 0 aliphatic heterocycles. The normalized spacial score (nSPS) is 10.2. The van der Waals surface area contributed by atoms with E-state index < -0.39 is 43.6 Å². The van der Waals surface area contributed by atoms with Gasteiger partial charge in [0.25, 0.3) is 11.4 Å². The third-order valence-corrected chi connectivity index (χ3v) is 4.23. The van der Waals surface area contributed by atoms with Crippen LogP contribution in [0.1, 0.15) is 20.7 Å². The SMILES string of the molecule is O=C(O)c1ccccc1Sc1c(C(=O)O)cc([N+](=O)[O-])cc1[N+](=O)[O-]. The largest absolute Gasteiger partial charge is 0.478 e. The molecule has 11 heteroatoms. The molecule has 25 heavy (non-hydrogen) atoms. The Labute approximate surface area is 143 Å². The van der Waals surface area contributed by atoms with Crippen LogP contribution in [0.15, 0.2) is 46.2 Å². The van der Waals surface area contributed by atoms with Crippen LogP contribution in [0.4, 0.5) is 11.4 Å². The summed E-state index contributed by atoms with van der Waals surface area (Å²) in [6.45, 7) is 0. The molecule has 0 aliphatic rings. The lowest BCUT2D eigenvalue weighted by atomic mass is 10.1. The Balaban J connectivity index is 2.72. The van der Waals surface area contributed by atoms with Gasteiger partial charge in [0, 0.05) is 11.0 Å². The molecule has 0 radical (unpaired) electrons. The summed E-state index contributed by atoms with van der Waals surface area (Å²) in [7, 11) is 0. The average molecular weight is 364 g/mol. The first-order chi connectivity index (χ1) is 11.7. The molecule has 10 nitrogen and oxygen atoms in total. The van der Waals surface area contributed by atoms with Crippen molar-refractivity contribution in [3.05, 3.63) is 67.8 Å². The van der Waals surface area contributed by atoms with E-state index in [0.29, 0.717) is 23.9 Å². The van der Waals surface area contributed by atoms with Gasteiger partial charge in [0.15, 0.2) is 0 Å². The van der Waals surface area contributed by atoms with E-state index in [9.17, 15) is 34.9 Å². The van der Waals surface area contributed by atoms with Gasteiger partial charge in [-0.25, -0.2) is 9.59 Å². The number of carboxylic acids is 2. The van der Waals surface area contributed by atoms with Crippen LogP contribution in [0, 0.1) is 20.2 Å². The van der Waals surface area contributed by atoms with Gasteiger partial charge in [0.05, 0.1) is 27.0 Å². The number of benzene rings is 2. The van der Waals surface area contributed by atoms with Gasteiger partial charge >= 0.3 is 11.9 Å². The average Bonchev–Trinajstić information content (AvgIpc) is 2.54. The second-order valence-corrected chi connectivity index (χ2v) is 5.62. The summed E-state index contributed by atoms with van der Waals surface area (Å²) in [4.78, 5) is 42.5. The van der Waals surface area contributed by atoms with E-state index in [-0.39, 0.29) is 10.5 Å². The number of rotatable bonds is 6. The molecule has 0 bridgehead atoms. The van der Waals surface area contributed by atoms with Crippen molar-refractivity contribution in [2.75, 3.05) is 0 Å². The Morgan fingerprint density at radius 3 is 2.04 bits per heavy atom. The Hall–Kier alpha value is -3.47. The summed E-state index contributed by atoms with van der Waals surface area (Å²) in [5.74, 6) is -2.91. The Kier molecular flexibility index (Phi) is 4.98. The van der Waals surface area contributed by atoms with Gasteiger partial charge in [0.1, 0.15) is 4.90 Å². The van der Waals surface area contributed by atoms with Gasteiger partial charge in [0.2, 0.25) is 0 Å². The van der Waals surface area contributed by atoms with Gasteiger partial charge in [-0.2, -0.15) is 0 Å². The molecular weight excluding hydrogens is 356 g/mol. The lowest BCUT2D eigenvalue weighted by Gasteiger charge is -2.09. The van der Waals surface area contributed by atoms with E-state index in [0.717, 1.165) is 0 Å². The highest BCUT2D eigenvalue weighted by atomic mass is 32.2. The number of non-ortho nitro benzene ring substituents is 1. The highest BCUT2D eigenvalue weighted by Crippen LogP contribution is 2.41. The maximum atomic E-state index is 11.4. The molecule has 0 aliphatic carbocycles. The van der Waals surface area contributed by atoms with E-state index in [1.54, 1.807) is 0 Å². The van der Waals surface area contributed by atoms with E-state index in [1.807, 2.05) is 0 Å². The van der Waals surface area contributed by atoms with Gasteiger partial charge in [-0.05, 0) is 12.1 Å². The maximum Gasteiger partial charge on any atom is 0.337 e. The fraction of sp³-hybridized carbons (Fsp3) is 0. The number of hydrogen-bond donors (Lipinski definition) is 2. The monoisotopic (exact) mass is 364 g/mol. The van der Waals surface area contributed by atoms with Crippen LogP contribution in [0.25, 0.3) is 0 Å². The summed E-state index contributed by atoms with van der Waals surface area (Å²) in [5.41, 5.74) is -2.39. The molecule has 0 amide bonds. The molecule has 0 atom stereocenters. The predicted octanol–water partition coefficient (Wildman–Crippen LogP) is 3.05. The van der Waals surface area contributed by atoms with E-state index >= 15 is 0 Å². The zero-order valence-corrected chi connectivity index (χ0v) is 12.9. The number of aromatic carboxylic acids is 2. The van der Waals surface area contributed by atoms with Crippen molar-refractivity contribution in [1.29, 1.82) is 0 Å². The van der Waals surface area contributed by atoms with Crippen molar-refractivity contribution in [3.8, 4) is 0 Å². The minimum atomic E-state index is -1.61. The molecule has 0 unspecified atom stereocenters. The highest BCUT2D eigenvalue weighted by Gasteiger charge is 2.29. The molecular formula is C14H8N2O8S. The molecule has 0 aromatic heterocycles. The lowest BCUT2D eigenvalue weighted by molar-refractivity contribution is -0.396. The number of carbonyl (C=O) groups is 2. The zero-order valence-electron chi connectivity index (χ0n) is 12.1. The summed E-state index contributed by atoms with van der Waals surface area (Å²) in [6.07, 6.45) is 0. The Morgan fingerprint density at radius 2 is 1.52 bits per heavy atom. The molecule has 0 saturated heterocycles. The van der Waals surface area contributed by atoms with Crippen molar-refractivity contribution in [2.45, 2.75) is 9.79 Å². The maximum absolute atomic E-state index is 11.4. The van der Waals surface area contributed by atoms with Gasteiger partial charge in [-0.3, -0.25) is 20.2 Å². The molecule has 2 aromatic rings. The van der Waals surface area contributed by atoms with Gasteiger partial charge in [-0.1, -0.05) is 23.9 Å². The lowest BCUT2D eigenvalue weighted by Crippen LogP contribution is -2.05. The van der Waals surface area contributed by atoms with Crippen LogP contribution in [0.2, 0.25) is 0 Å². The fourth-order valence-corrected chi connectivity index (χ4v) is 3.07. The van der Waals surface area contributed by atoms with Crippen LogP contribution in [-0.4, -0.2) is 32.0 Å². The number of hydrogen-bond acceptors (Lipinski definition) is 7. The van der Waals surface area contributed by atoms with Gasteiger partial charge < -0.3 is 10.2 Å². The summed E-state index contributed by atoms with van der Waals surface area (Å²) in [6, 6.07) is 6.86. The van der Waals surface area contributed by atoms with Crippen LogP contribution in [0.5, 0.6) is 0 Å². The third kappa shape index (κ3) is 3.72. The first-order valence-corrected chi connectivity index (χ1v) is 7.24. The predicted molar refractivity (Wildman–Crippen MR) is 84.2 cm³/mol. The molecule has 2 rings (SSSR count). The highest BCUT2D eigenvalue weighted by molar-refractivity contribution is 7.99. The van der Waals surface area contributed by atoms with Crippen LogP contribution in [0.3, 0.4) is 0 Å². The summed E-state index contributed by atoms with van der Waals surface area (Å²) >= 11 is 0.547. The topological polar surface area (TPSA) is 161 Å². The summed E-state index contributed by atoms with van der Waals surface area (Å²) in [5, 5.41) is 40.5. The summed E-state index contributed by atoms with van der Waals surface area (Å²) < 4.78 is 0. The second-order valence-electron chi connectivity index (χ2n) is 4.56. The fourth-order valence-electron chi connectivity index (χ4n) is 1.95. The molecule has 2 N–H and O–H groups in total. The van der Waals surface area contributed by atoms with Crippen LogP contribution < -0.4 is 0 Å². The molecule has 0 spiro atoms. The Morgan fingerprint density at radius 1 is 0.920 bits per heavy atom. The number of nitro benzene ring substituents is 2. The van der Waals surface area contributed by atoms with Crippen molar-refractivity contribution >= 4 is 35.1 Å². The minimum Gasteiger partial charge on any atom is -0.478 e. The number of nitrogens with zero attached hydrogens (tertiary/aromatic N) is 2. The van der Waals surface area contributed by atoms with Crippen molar-refractivity contribution in [2.24, 2.45) is 0 Å². The van der Waals surface area contributed by atoms with Crippen molar-refractivity contribution in [1.82, 2.24) is 0 Å². The van der Waals surface area contributed by atoms with Crippen LogP contribution >= 0.6 is 11.8 Å². The van der Waals surface area contributed by atoms with E-state index in [2.05, 4.69) is 0 Å². The van der Waals surface area contributed by atoms with Gasteiger partial charge in [-0.15, -0.1) is 0 Å². The van der Waals surface area contributed by atoms with Crippen LogP contribution in [-0.2, 0) is 0 Å². The quantitative estimate of drug-likeness (QED) is 0.579. The molecule has 2 aromatic carbocycles. The molecule has 128 valence electrons. The van der Waals surface area contributed by atoms with Crippen molar-refractivity contribution in [3.63, 3.8) is 0 Å². The first kappa shape index (κ1) is 17.9. The van der Waals surface area contributed by atoms with E-state index in [4.69, 9.17) is 5.11 Å². The standard InChI is InChI=1S/C14H8N2O8S/c17-13(18)8-3-1-2-4-11(8)25-12-9(14(19)20)5-7(15(21)22)6-10(12)16(23)24/h1-6H,(H,17,18)(H,19,20). The zero-order chi connectivity index (χ0) is 18.7. The Bertz CT molecular complexity index is 876. The smallest absolute Gasteiger partial charge is 0.337 e. The molecule has 0 saturated carbocycles. The molecule has 0 fully saturated rings. The van der Waals surface area contributed by atoms with Crippen molar-refractivity contribution < 1.29 is 29.6 Å². The third-order valence-electron chi connectivity index (χ3n) is 3.02. The molecule has 0 heterocycles. The number of carboxylic acid groups (broad SMARTS) is 2. The second kappa shape index (κ2) is 6.97.